The molecule has 3 N–H and O–H groups in total. The van der Waals surface area contributed by atoms with Crippen molar-refractivity contribution >= 4 is 5.69 Å². The van der Waals surface area contributed by atoms with Gasteiger partial charge in [-0.15, -0.1) is 0 Å². The van der Waals surface area contributed by atoms with Gasteiger partial charge >= 0.3 is 0 Å². The highest BCUT2D eigenvalue weighted by atomic mass is 16.7. The van der Waals surface area contributed by atoms with Crippen LogP contribution in [0, 0.1) is 5.41 Å². The molecule has 2 rings (SSSR count). The van der Waals surface area contributed by atoms with Crippen LogP contribution in [0.15, 0.2) is 18.2 Å². The van der Waals surface area contributed by atoms with E-state index in [2.05, 4.69) is 13.8 Å². The number of anilines is 1. The lowest BCUT2D eigenvalue weighted by molar-refractivity contribution is -0.226. The number of hydrogen-bond acceptors (Lipinski definition) is 4. The lowest BCUT2D eigenvalue weighted by atomic mass is 9.95. The molecule has 1 heterocycles. The Morgan fingerprint density at radius 2 is 1.94 bits per heavy atom. The minimum Gasteiger partial charge on any atom is -0.506 e. The second-order valence-electron chi connectivity index (χ2n) is 4.94. The highest BCUT2D eigenvalue weighted by Crippen LogP contribution is 2.33. The van der Waals surface area contributed by atoms with Crippen molar-refractivity contribution in [3.8, 4) is 5.75 Å². The molecule has 1 aromatic carbocycles. The van der Waals surface area contributed by atoms with E-state index < -0.39 is 6.29 Å². The van der Waals surface area contributed by atoms with Gasteiger partial charge in [0.1, 0.15) is 5.75 Å². The number of phenolic OH excluding ortho intramolecular Hbond substituents is 1. The summed E-state index contributed by atoms with van der Waals surface area (Å²) in [5.74, 6) is 0.0644. The van der Waals surface area contributed by atoms with Crippen LogP contribution in [0.3, 0.4) is 0 Å². The molecule has 1 saturated heterocycles. The zero-order chi connectivity index (χ0) is 11.8. The first kappa shape index (κ1) is 11.2. The number of benzene rings is 1. The summed E-state index contributed by atoms with van der Waals surface area (Å²) in [6, 6.07) is 5.04. The Morgan fingerprint density at radius 1 is 1.31 bits per heavy atom. The Bertz CT molecular complexity index is 380. The molecule has 0 unspecified atom stereocenters. The molecule has 0 atom stereocenters. The molecule has 1 fully saturated rings. The van der Waals surface area contributed by atoms with Gasteiger partial charge in [0.2, 0.25) is 0 Å². The van der Waals surface area contributed by atoms with Crippen molar-refractivity contribution in [2.45, 2.75) is 20.1 Å². The second-order valence-corrected chi connectivity index (χ2v) is 4.94. The van der Waals surface area contributed by atoms with E-state index in [0.717, 1.165) is 5.56 Å². The standard InChI is InChI=1S/C12H17NO3/c1-12(2)6-15-11(16-7-12)8-3-4-9(13)10(14)5-8/h3-5,11,14H,6-7,13H2,1-2H3. The normalized spacial score (nSPS) is 20.9. The van der Waals surface area contributed by atoms with Gasteiger partial charge in [0.25, 0.3) is 0 Å². The molecular weight excluding hydrogens is 206 g/mol. The van der Waals surface area contributed by atoms with Crippen LogP contribution in [-0.4, -0.2) is 18.3 Å². The zero-order valence-corrected chi connectivity index (χ0v) is 9.56. The van der Waals surface area contributed by atoms with E-state index in [1.807, 2.05) is 0 Å². The average molecular weight is 223 g/mol. The second kappa shape index (κ2) is 3.96. The number of hydrogen-bond donors (Lipinski definition) is 2. The lowest BCUT2D eigenvalue weighted by Crippen LogP contribution is -2.33. The van der Waals surface area contributed by atoms with Gasteiger partial charge in [0.15, 0.2) is 6.29 Å². The molecule has 0 radical (unpaired) electrons. The zero-order valence-electron chi connectivity index (χ0n) is 9.56. The number of phenols is 1. The number of nitrogen functional groups attached to an aromatic ring is 1. The average Bonchev–Trinajstić information content (AvgIpc) is 2.22. The molecule has 1 aliphatic rings. The Kier molecular flexibility index (Phi) is 2.78. The van der Waals surface area contributed by atoms with Gasteiger partial charge < -0.3 is 20.3 Å². The maximum absolute atomic E-state index is 9.50. The smallest absolute Gasteiger partial charge is 0.183 e. The molecule has 4 heteroatoms. The third-order valence-corrected chi connectivity index (χ3v) is 2.58. The first-order valence-corrected chi connectivity index (χ1v) is 5.29. The fourth-order valence-electron chi connectivity index (χ4n) is 1.59. The largest absolute Gasteiger partial charge is 0.506 e. The van der Waals surface area contributed by atoms with Crippen LogP contribution >= 0.6 is 0 Å². The molecule has 4 nitrogen and oxygen atoms in total. The van der Waals surface area contributed by atoms with Crippen LogP contribution in [0.2, 0.25) is 0 Å². The third-order valence-electron chi connectivity index (χ3n) is 2.58. The summed E-state index contributed by atoms with van der Waals surface area (Å²) in [6.07, 6.45) is -0.403. The van der Waals surface area contributed by atoms with Gasteiger partial charge in [-0.1, -0.05) is 19.9 Å². The molecule has 0 aliphatic carbocycles. The molecular formula is C12H17NO3. The fourth-order valence-corrected chi connectivity index (χ4v) is 1.59. The predicted molar refractivity (Wildman–Crippen MR) is 60.9 cm³/mol. The van der Waals surface area contributed by atoms with Crippen molar-refractivity contribution in [1.29, 1.82) is 0 Å². The van der Waals surface area contributed by atoms with Crippen molar-refractivity contribution in [3.05, 3.63) is 23.8 Å². The van der Waals surface area contributed by atoms with Crippen molar-refractivity contribution in [2.75, 3.05) is 18.9 Å². The molecule has 1 aliphatic heterocycles. The molecule has 16 heavy (non-hydrogen) atoms. The Hall–Kier alpha value is -1.26. The first-order valence-electron chi connectivity index (χ1n) is 5.29. The van der Waals surface area contributed by atoms with Gasteiger partial charge in [0, 0.05) is 11.0 Å². The van der Waals surface area contributed by atoms with Crippen LogP contribution in [-0.2, 0) is 9.47 Å². The van der Waals surface area contributed by atoms with Crippen molar-refractivity contribution in [3.63, 3.8) is 0 Å². The summed E-state index contributed by atoms with van der Waals surface area (Å²) in [4.78, 5) is 0. The van der Waals surface area contributed by atoms with Crippen LogP contribution in [0.25, 0.3) is 0 Å². The number of rotatable bonds is 1. The molecule has 0 spiro atoms. The minimum atomic E-state index is -0.403. The molecule has 0 saturated carbocycles. The summed E-state index contributed by atoms with van der Waals surface area (Å²) in [6.45, 7) is 5.46. The Labute approximate surface area is 95.0 Å². The van der Waals surface area contributed by atoms with Crippen molar-refractivity contribution in [1.82, 2.24) is 0 Å². The van der Waals surface area contributed by atoms with Crippen LogP contribution in [0.1, 0.15) is 25.7 Å². The number of aromatic hydroxyl groups is 1. The van der Waals surface area contributed by atoms with Gasteiger partial charge in [-0.2, -0.15) is 0 Å². The van der Waals surface area contributed by atoms with E-state index >= 15 is 0 Å². The topological polar surface area (TPSA) is 64.7 Å². The molecule has 1 aromatic rings. The summed E-state index contributed by atoms with van der Waals surface area (Å²) in [7, 11) is 0. The van der Waals surface area contributed by atoms with E-state index in [1.165, 1.54) is 0 Å². The maximum atomic E-state index is 9.50. The highest BCUT2D eigenvalue weighted by Gasteiger charge is 2.29. The quantitative estimate of drug-likeness (QED) is 0.565. The molecule has 0 aromatic heterocycles. The number of ether oxygens (including phenoxy) is 2. The van der Waals surface area contributed by atoms with Crippen LogP contribution in [0.5, 0.6) is 5.75 Å². The van der Waals surface area contributed by atoms with E-state index in [-0.39, 0.29) is 11.2 Å². The molecule has 0 bridgehead atoms. The summed E-state index contributed by atoms with van der Waals surface area (Å²) >= 11 is 0. The lowest BCUT2D eigenvalue weighted by Gasteiger charge is -2.34. The fraction of sp³-hybridized carbons (Fsp3) is 0.500. The Morgan fingerprint density at radius 3 is 2.50 bits per heavy atom. The Balaban J connectivity index is 2.11. The minimum absolute atomic E-state index is 0.0480. The highest BCUT2D eigenvalue weighted by molar-refractivity contribution is 5.53. The van der Waals surface area contributed by atoms with Crippen LogP contribution in [0.4, 0.5) is 5.69 Å². The first-order chi connectivity index (χ1) is 7.48. The van der Waals surface area contributed by atoms with E-state index in [4.69, 9.17) is 15.2 Å². The van der Waals surface area contributed by atoms with E-state index in [1.54, 1.807) is 18.2 Å². The molecule has 0 amide bonds. The van der Waals surface area contributed by atoms with E-state index in [0.29, 0.717) is 18.9 Å². The van der Waals surface area contributed by atoms with Gasteiger partial charge in [0.05, 0.1) is 18.9 Å². The monoisotopic (exact) mass is 223 g/mol. The third kappa shape index (κ3) is 2.28. The SMILES string of the molecule is CC1(C)COC(c2ccc(N)c(O)c2)OC1. The van der Waals surface area contributed by atoms with Gasteiger partial charge in [-0.05, 0) is 12.1 Å². The predicted octanol–water partition coefficient (Wildman–Crippen LogP) is 2.05. The van der Waals surface area contributed by atoms with Crippen LogP contribution < -0.4 is 5.73 Å². The van der Waals surface area contributed by atoms with Crippen molar-refractivity contribution < 1.29 is 14.6 Å². The van der Waals surface area contributed by atoms with Gasteiger partial charge in [-0.25, -0.2) is 0 Å². The summed E-state index contributed by atoms with van der Waals surface area (Å²) < 4.78 is 11.2. The maximum Gasteiger partial charge on any atom is 0.183 e. The summed E-state index contributed by atoms with van der Waals surface area (Å²) in [5.41, 5.74) is 6.73. The van der Waals surface area contributed by atoms with Gasteiger partial charge in [-0.3, -0.25) is 0 Å². The summed E-state index contributed by atoms with van der Waals surface area (Å²) in [5, 5.41) is 9.50. The van der Waals surface area contributed by atoms with Crippen molar-refractivity contribution in [2.24, 2.45) is 5.41 Å². The van der Waals surface area contributed by atoms with E-state index in [9.17, 15) is 5.11 Å². The number of nitrogens with two attached hydrogens (primary N) is 1. The molecule has 88 valence electrons.